The number of carbonyl (C=O) groups excluding carboxylic acids is 1. The molecule has 3 aromatic rings. The van der Waals surface area contributed by atoms with Crippen LogP contribution in [-0.4, -0.2) is 46.7 Å². The lowest BCUT2D eigenvalue weighted by Crippen LogP contribution is -2.43. The van der Waals surface area contributed by atoms with E-state index in [0.717, 1.165) is 5.56 Å². The molecule has 0 aliphatic heterocycles. The highest BCUT2D eigenvalue weighted by molar-refractivity contribution is 7.08. The SMILES string of the molecule is CC(C)(NC(=O)Cn1nnnc1-c1ccsc1)c1nn[nH]n1. The Kier molecular flexibility index (Phi) is 3.63. The van der Waals surface area contributed by atoms with E-state index in [9.17, 15) is 4.79 Å². The van der Waals surface area contributed by atoms with Gasteiger partial charge in [-0.3, -0.25) is 4.79 Å². The second-order valence-electron chi connectivity index (χ2n) is 5.08. The molecule has 1 amide bonds. The van der Waals surface area contributed by atoms with Crippen LogP contribution >= 0.6 is 11.3 Å². The molecule has 0 atom stereocenters. The quantitative estimate of drug-likeness (QED) is 0.675. The largest absolute Gasteiger partial charge is 0.342 e. The zero-order valence-electron chi connectivity index (χ0n) is 11.9. The summed E-state index contributed by atoms with van der Waals surface area (Å²) in [6.45, 7) is 3.57. The number of amides is 1. The summed E-state index contributed by atoms with van der Waals surface area (Å²) in [5.74, 6) is 0.697. The second-order valence-corrected chi connectivity index (χ2v) is 5.86. The summed E-state index contributed by atoms with van der Waals surface area (Å²) in [7, 11) is 0. The molecule has 0 bridgehead atoms. The number of aromatic nitrogens is 8. The van der Waals surface area contributed by atoms with Gasteiger partial charge in [0, 0.05) is 10.9 Å². The number of rotatable bonds is 5. The number of aromatic amines is 1. The van der Waals surface area contributed by atoms with E-state index in [-0.39, 0.29) is 12.5 Å². The van der Waals surface area contributed by atoms with Gasteiger partial charge in [0.05, 0.1) is 5.54 Å². The van der Waals surface area contributed by atoms with E-state index in [1.165, 1.54) is 16.0 Å². The first-order valence-electron chi connectivity index (χ1n) is 6.40. The van der Waals surface area contributed by atoms with Crippen LogP contribution in [0.25, 0.3) is 11.4 Å². The lowest BCUT2D eigenvalue weighted by atomic mass is 10.1. The van der Waals surface area contributed by atoms with Gasteiger partial charge < -0.3 is 5.32 Å². The van der Waals surface area contributed by atoms with Crippen molar-refractivity contribution >= 4 is 17.2 Å². The maximum Gasteiger partial charge on any atom is 0.242 e. The van der Waals surface area contributed by atoms with Crippen molar-refractivity contribution in [2.75, 3.05) is 0 Å². The average molecular weight is 319 g/mol. The van der Waals surface area contributed by atoms with Crippen molar-refractivity contribution < 1.29 is 4.79 Å². The van der Waals surface area contributed by atoms with Crippen molar-refractivity contribution in [3.05, 3.63) is 22.7 Å². The van der Waals surface area contributed by atoms with Crippen LogP contribution in [0.2, 0.25) is 0 Å². The molecule has 10 nitrogen and oxygen atoms in total. The Morgan fingerprint density at radius 2 is 2.32 bits per heavy atom. The predicted octanol–water partition coefficient (Wildman–Crippen LogP) is -0.0338. The highest BCUT2D eigenvalue weighted by Crippen LogP contribution is 2.19. The molecule has 22 heavy (non-hydrogen) atoms. The Bertz CT molecular complexity index is 746. The topological polar surface area (TPSA) is 127 Å². The summed E-state index contributed by atoms with van der Waals surface area (Å²) in [5.41, 5.74) is 0.126. The van der Waals surface area contributed by atoms with Crippen molar-refractivity contribution in [3.8, 4) is 11.4 Å². The summed E-state index contributed by atoms with van der Waals surface area (Å²) in [6.07, 6.45) is 0. The van der Waals surface area contributed by atoms with E-state index < -0.39 is 5.54 Å². The Hall–Kier alpha value is -2.69. The third-order valence-electron chi connectivity index (χ3n) is 2.96. The Morgan fingerprint density at radius 3 is 3.00 bits per heavy atom. The summed E-state index contributed by atoms with van der Waals surface area (Å²) < 4.78 is 1.45. The number of thiophene rings is 1. The fraction of sp³-hybridized carbons (Fsp3) is 0.364. The van der Waals surface area contributed by atoms with Gasteiger partial charge in [-0.15, -0.1) is 15.3 Å². The van der Waals surface area contributed by atoms with Gasteiger partial charge in [-0.05, 0) is 35.7 Å². The molecule has 11 heteroatoms. The van der Waals surface area contributed by atoms with Crippen LogP contribution in [0, 0.1) is 0 Å². The molecule has 2 N–H and O–H groups in total. The number of hydrogen-bond donors (Lipinski definition) is 2. The second kappa shape index (κ2) is 5.60. The molecule has 0 radical (unpaired) electrons. The van der Waals surface area contributed by atoms with Gasteiger partial charge in [0.25, 0.3) is 0 Å². The lowest BCUT2D eigenvalue weighted by Gasteiger charge is -2.22. The van der Waals surface area contributed by atoms with Gasteiger partial charge in [-0.1, -0.05) is 5.21 Å². The molecule has 114 valence electrons. The number of hydrogen-bond acceptors (Lipinski definition) is 8. The van der Waals surface area contributed by atoms with Gasteiger partial charge in [0.2, 0.25) is 5.91 Å². The fourth-order valence-corrected chi connectivity index (χ4v) is 2.55. The van der Waals surface area contributed by atoms with Gasteiger partial charge in [-0.25, -0.2) is 4.68 Å². The maximum atomic E-state index is 12.2. The van der Waals surface area contributed by atoms with Crippen molar-refractivity contribution in [3.63, 3.8) is 0 Å². The fourth-order valence-electron chi connectivity index (χ4n) is 1.92. The van der Waals surface area contributed by atoms with Gasteiger partial charge >= 0.3 is 0 Å². The first-order chi connectivity index (χ1) is 10.6. The summed E-state index contributed by atoms with van der Waals surface area (Å²) in [6, 6.07) is 1.90. The van der Waals surface area contributed by atoms with E-state index in [0.29, 0.717) is 11.6 Å². The standard InChI is InChI=1S/C11H13N9OS/c1-11(2,10-14-16-17-15-10)12-8(21)5-20-9(13-18-19-20)7-3-4-22-6-7/h3-4,6H,5H2,1-2H3,(H,12,21)(H,14,15,16,17). The Balaban J connectivity index is 1.72. The van der Waals surface area contributed by atoms with Crippen LogP contribution in [0.5, 0.6) is 0 Å². The molecule has 3 rings (SSSR count). The van der Waals surface area contributed by atoms with Gasteiger partial charge in [-0.2, -0.15) is 16.6 Å². The third kappa shape index (κ3) is 2.83. The molecule has 0 spiro atoms. The third-order valence-corrected chi connectivity index (χ3v) is 3.64. The molecule has 0 aromatic carbocycles. The highest BCUT2D eigenvalue weighted by Gasteiger charge is 2.28. The summed E-state index contributed by atoms with van der Waals surface area (Å²) in [4.78, 5) is 12.2. The van der Waals surface area contributed by atoms with Crippen LogP contribution in [0.1, 0.15) is 19.7 Å². The highest BCUT2D eigenvalue weighted by atomic mass is 32.1. The van der Waals surface area contributed by atoms with Crippen molar-refractivity contribution in [1.82, 2.24) is 46.1 Å². The molecule has 3 heterocycles. The monoisotopic (exact) mass is 319 g/mol. The number of nitrogens with zero attached hydrogens (tertiary/aromatic N) is 7. The van der Waals surface area contributed by atoms with E-state index in [2.05, 4.69) is 41.5 Å². The van der Waals surface area contributed by atoms with E-state index in [1.54, 1.807) is 13.8 Å². The van der Waals surface area contributed by atoms with E-state index in [4.69, 9.17) is 0 Å². The normalized spacial score (nSPS) is 11.5. The molecular weight excluding hydrogens is 306 g/mol. The molecule has 0 aliphatic rings. The smallest absolute Gasteiger partial charge is 0.242 e. The average Bonchev–Trinajstić information content (AvgIpc) is 3.20. The zero-order chi connectivity index (χ0) is 15.6. The minimum absolute atomic E-state index is 0.000534. The number of tetrazole rings is 2. The number of carbonyl (C=O) groups is 1. The summed E-state index contributed by atoms with van der Waals surface area (Å²) >= 11 is 1.54. The number of nitrogens with one attached hydrogen (secondary N) is 2. The first kappa shape index (κ1) is 14.3. The van der Waals surface area contributed by atoms with Crippen LogP contribution in [-0.2, 0) is 16.9 Å². The van der Waals surface area contributed by atoms with Crippen LogP contribution in [0.3, 0.4) is 0 Å². The van der Waals surface area contributed by atoms with Gasteiger partial charge in [0.1, 0.15) is 6.54 Å². The molecule has 0 fully saturated rings. The molecule has 0 unspecified atom stereocenters. The molecule has 3 aromatic heterocycles. The first-order valence-corrected chi connectivity index (χ1v) is 7.34. The van der Waals surface area contributed by atoms with Crippen molar-refractivity contribution in [1.29, 1.82) is 0 Å². The molecule has 0 saturated carbocycles. The minimum atomic E-state index is -0.749. The van der Waals surface area contributed by atoms with Crippen LogP contribution in [0.15, 0.2) is 16.8 Å². The number of H-pyrrole nitrogens is 1. The summed E-state index contributed by atoms with van der Waals surface area (Å²) in [5, 5.41) is 31.7. The van der Waals surface area contributed by atoms with Crippen molar-refractivity contribution in [2.24, 2.45) is 0 Å². The molecular formula is C11H13N9OS. The molecule has 0 aliphatic carbocycles. The van der Waals surface area contributed by atoms with Crippen LogP contribution < -0.4 is 5.32 Å². The molecule has 0 saturated heterocycles. The van der Waals surface area contributed by atoms with Crippen LogP contribution in [0.4, 0.5) is 0 Å². The minimum Gasteiger partial charge on any atom is -0.342 e. The van der Waals surface area contributed by atoms with Gasteiger partial charge in [0.15, 0.2) is 11.6 Å². The van der Waals surface area contributed by atoms with E-state index >= 15 is 0 Å². The Morgan fingerprint density at radius 1 is 1.45 bits per heavy atom. The lowest BCUT2D eigenvalue weighted by molar-refractivity contribution is -0.123. The zero-order valence-corrected chi connectivity index (χ0v) is 12.7. The maximum absolute atomic E-state index is 12.2. The van der Waals surface area contributed by atoms with Crippen molar-refractivity contribution in [2.45, 2.75) is 25.9 Å². The Labute approximate surface area is 128 Å². The predicted molar refractivity (Wildman–Crippen MR) is 76.5 cm³/mol. The van der Waals surface area contributed by atoms with E-state index in [1.807, 2.05) is 16.8 Å².